The summed E-state index contributed by atoms with van der Waals surface area (Å²) < 4.78 is 51.8. The van der Waals surface area contributed by atoms with Crippen molar-refractivity contribution in [2.45, 2.75) is 122 Å². The number of alkyl halides is 3. The lowest BCUT2D eigenvalue weighted by molar-refractivity contribution is -0.146. The molecule has 0 saturated carbocycles. The lowest BCUT2D eigenvalue weighted by Gasteiger charge is -2.46. The van der Waals surface area contributed by atoms with E-state index in [1.54, 1.807) is 89.6 Å². The van der Waals surface area contributed by atoms with Gasteiger partial charge in [0.15, 0.2) is 40.6 Å². The van der Waals surface area contributed by atoms with Crippen molar-refractivity contribution in [2.75, 3.05) is 137 Å². The van der Waals surface area contributed by atoms with Crippen LogP contribution in [0.15, 0.2) is 183 Å². The monoisotopic (exact) mass is 1650 g/mol. The van der Waals surface area contributed by atoms with Gasteiger partial charge in [-0.2, -0.15) is 13.2 Å². The van der Waals surface area contributed by atoms with Gasteiger partial charge in [-0.15, -0.1) is 0 Å². The van der Waals surface area contributed by atoms with Gasteiger partial charge in [-0.1, -0.05) is 19.1 Å². The summed E-state index contributed by atoms with van der Waals surface area (Å²) in [4.78, 5) is 120. The van der Waals surface area contributed by atoms with Crippen LogP contribution in [0.4, 0.5) is 107 Å². The number of hydrogen-bond acceptors (Lipinski definition) is 22. The smallest absolute Gasteiger partial charge is 0.408 e. The van der Waals surface area contributed by atoms with Crippen molar-refractivity contribution < 1.29 is 41.8 Å². The van der Waals surface area contributed by atoms with Crippen molar-refractivity contribution in [3.63, 3.8) is 0 Å². The number of rotatable bonds is 9. The molecule has 10 aliphatic heterocycles. The zero-order valence-electron chi connectivity index (χ0n) is 67.9. The second-order valence-corrected chi connectivity index (χ2v) is 31.6. The molecule has 20 heterocycles. The summed E-state index contributed by atoms with van der Waals surface area (Å²) in [6.45, 7) is 16.0. The number of carbonyl (C=O) groups is 4. The van der Waals surface area contributed by atoms with E-state index in [1.807, 2.05) is 122 Å². The number of hydrogen-bond donors (Lipinski definition) is 4. The first-order valence-electron chi connectivity index (χ1n) is 41.5. The molecule has 5 atom stereocenters. The van der Waals surface area contributed by atoms with Gasteiger partial charge in [0.1, 0.15) is 36.7 Å². The lowest BCUT2D eigenvalue weighted by atomic mass is 9.99. The molecule has 4 N–H and O–H groups in total. The Morgan fingerprint density at radius 1 is 0.418 bits per heavy atom. The number of aryl methyl sites for hydroxylation is 4. The summed E-state index contributed by atoms with van der Waals surface area (Å²) >= 11 is 0. The molecule has 5 saturated heterocycles. The van der Waals surface area contributed by atoms with Crippen LogP contribution < -0.4 is 74.8 Å². The van der Waals surface area contributed by atoms with Crippen LogP contribution in [0.25, 0.3) is 33.8 Å². The molecule has 8 bridgehead atoms. The number of amides is 8. The maximum absolute atomic E-state index is 13.5. The minimum Gasteiger partial charge on any atom is -0.486 e. The second-order valence-electron chi connectivity index (χ2n) is 31.6. The van der Waals surface area contributed by atoms with Crippen molar-refractivity contribution >= 4 is 99.1 Å². The first-order valence-corrected chi connectivity index (χ1v) is 41.5. The van der Waals surface area contributed by atoms with Crippen molar-refractivity contribution in [2.24, 2.45) is 0 Å². The Kier molecular flexibility index (Phi) is 22.1. The van der Waals surface area contributed by atoms with Crippen molar-refractivity contribution in [3.8, 4) is 45.3 Å². The minimum absolute atomic E-state index is 0.0564. The summed E-state index contributed by atoms with van der Waals surface area (Å²) in [6, 6.07) is 41.4. The fourth-order valence-electron chi connectivity index (χ4n) is 17.8. The van der Waals surface area contributed by atoms with Gasteiger partial charge in [0.05, 0.1) is 75.9 Å². The van der Waals surface area contributed by atoms with E-state index in [9.17, 15) is 32.3 Å². The molecular weight excluding hydrogens is 1560 g/mol. The fraction of sp³-hybridized carbons (Fsp3) is 0.337. The average molecular weight is 1650 g/mol. The van der Waals surface area contributed by atoms with Crippen LogP contribution in [0.2, 0.25) is 0 Å². The van der Waals surface area contributed by atoms with E-state index in [-0.39, 0.29) is 60.5 Å². The van der Waals surface area contributed by atoms with Crippen LogP contribution in [0.1, 0.15) is 81.1 Å². The summed E-state index contributed by atoms with van der Waals surface area (Å²) in [5.74, 6) is 5.53. The first kappa shape index (κ1) is 79.2. The molecule has 5 fully saturated rings. The van der Waals surface area contributed by atoms with Gasteiger partial charge in [0.2, 0.25) is 0 Å². The lowest BCUT2D eigenvalue weighted by Crippen LogP contribution is -2.56. The molecule has 10 aliphatic rings. The number of halogens is 3. The van der Waals surface area contributed by atoms with Gasteiger partial charge < -0.3 is 39.3 Å². The zero-order valence-corrected chi connectivity index (χ0v) is 67.9. The number of ether oxygens (including phenoxy) is 2. The maximum atomic E-state index is 13.5. The molecule has 0 aliphatic carbocycles. The highest BCUT2D eigenvalue weighted by Crippen LogP contribution is 2.47. The third-order valence-corrected chi connectivity index (χ3v) is 23.5. The van der Waals surface area contributed by atoms with Gasteiger partial charge in [0.25, 0.3) is 0 Å². The van der Waals surface area contributed by atoms with Gasteiger partial charge in [-0.05, 0) is 200 Å². The summed E-state index contributed by atoms with van der Waals surface area (Å²) in [5, 5.41) is 11.7. The van der Waals surface area contributed by atoms with Crippen LogP contribution in [-0.2, 0) is 6.42 Å². The van der Waals surface area contributed by atoms with Crippen LogP contribution in [0, 0.1) is 20.8 Å². The Bertz CT molecular complexity index is 5740. The number of nitrogens with zero attached hydrogens (tertiary/aromatic N) is 20. The van der Waals surface area contributed by atoms with Crippen molar-refractivity contribution in [1.29, 1.82) is 0 Å². The molecule has 1 aromatic carbocycles. The number of pyridine rings is 9. The first-order chi connectivity index (χ1) is 59.4. The highest BCUT2D eigenvalue weighted by molar-refractivity contribution is 6.07. The molecular formula is C89H91F3N24O6. The molecule has 30 nitrogen and oxygen atoms in total. The number of benzene rings is 1. The summed E-state index contributed by atoms with van der Waals surface area (Å²) in [5.41, 5.74) is 13.5. The molecule has 33 heteroatoms. The number of carbonyl (C=O) groups excluding carboxylic acids is 4. The predicted molar refractivity (Wildman–Crippen MR) is 462 cm³/mol. The summed E-state index contributed by atoms with van der Waals surface area (Å²) in [7, 11) is 0. The molecule has 10 aromatic heterocycles. The van der Waals surface area contributed by atoms with Gasteiger partial charge in [0, 0.05) is 142 Å². The summed E-state index contributed by atoms with van der Waals surface area (Å²) in [6.07, 6.45) is 14.4. The quantitative estimate of drug-likeness (QED) is 0.104. The van der Waals surface area contributed by atoms with E-state index in [4.69, 9.17) is 24.4 Å². The molecule has 122 heavy (non-hydrogen) atoms. The normalized spacial score (nSPS) is 19.0. The third-order valence-electron chi connectivity index (χ3n) is 23.5. The number of piperidine rings is 2. The average Bonchev–Trinajstić information content (AvgIpc) is 1.72. The van der Waals surface area contributed by atoms with E-state index in [0.717, 1.165) is 170 Å². The number of aromatic nitrogens is 11. The molecule has 11 aromatic rings. The van der Waals surface area contributed by atoms with Crippen LogP contribution in [0.3, 0.4) is 0 Å². The van der Waals surface area contributed by atoms with E-state index in [1.165, 1.54) is 4.90 Å². The van der Waals surface area contributed by atoms with Gasteiger partial charge in [-0.25, -0.2) is 54.1 Å². The molecule has 8 amide bonds. The Morgan fingerprint density at radius 2 is 0.852 bits per heavy atom. The van der Waals surface area contributed by atoms with E-state index < -0.39 is 12.2 Å². The Morgan fingerprint density at radius 3 is 1.31 bits per heavy atom. The van der Waals surface area contributed by atoms with Crippen LogP contribution >= 0.6 is 0 Å². The number of nitrogens with one attached hydrogen (secondary N) is 4. The Hall–Kier alpha value is -13.9. The zero-order chi connectivity index (χ0) is 83.7. The largest absolute Gasteiger partial charge is 0.486 e. The Labute approximate surface area is 702 Å². The standard InChI is InChI=1S/C24H23N5O3.C22H23N7O.C22H22N6O.C21H23F3N6O/c1-15-12-16(6-8-25-15)19-3-4-20-23(27-19)29(18-7-9-28(20)14-18)24(30)26-17-2-5-21-22(13-17)32-11-10-31-21;1-3-16-11-23-12-20(25-16)27-22(30)29-17-7-9-28(13-17)19-5-4-18(26-21(19)29)15-6-8-24-14(2)10-15;1-15-13-16(9-11-23-15)18-7-8-19-21(25-18)28(17-5-4-12-27(19)14-17)22(29)26-20-6-2-3-10-24-20;22-21(23,24)16-6-4-12-29(16)18-9-8-15-19(27-18)30(14-5-3-11-28(15)13-14)20(31)26-17-7-1-2-10-25-17/h2-6,8,12-13,18H,7,9-11,14H2,1H3,(H,26,30);4-6,8,10-12,17H,3,7,9,13H2,1-2H3,(H,25,27,30);2-3,6-11,13,17H,4-5,12,14H2,1H3,(H,24,26,29);1-2,7-10,14,16H,3-6,11-13H2,(H,25,26,31)/t18-;2*17-;14-,16+/m0000/s1. The van der Waals surface area contributed by atoms with Crippen molar-refractivity contribution in [3.05, 3.63) is 206 Å². The number of fused-ring (bicyclic) bond motifs is 17. The predicted octanol–water partition coefficient (Wildman–Crippen LogP) is 15.2. The van der Waals surface area contributed by atoms with Crippen LogP contribution in [0.5, 0.6) is 11.5 Å². The third kappa shape index (κ3) is 16.6. The van der Waals surface area contributed by atoms with E-state index in [2.05, 4.69) is 98.9 Å². The highest BCUT2D eigenvalue weighted by atomic mass is 19.4. The number of urea groups is 4. The van der Waals surface area contributed by atoms with Gasteiger partial charge >= 0.3 is 30.3 Å². The van der Waals surface area contributed by atoms with E-state index >= 15 is 0 Å². The van der Waals surface area contributed by atoms with E-state index in [0.29, 0.717) is 90.6 Å². The SMILES string of the molecule is CCc1cncc(NC(=O)N2c3nc(-c4ccnc(C)c4)ccc3N3CC[C@H]2C3)n1.Cc1cc(-c2ccc3c(n2)N(C(=O)Nc2ccc4c(c2)OCCO4)[C@H]2CCN3C2)ccn1.Cc1cc(-c2ccc3c(n2)N(C(=O)Nc2ccccn2)[C@H]2CCCN3C2)ccn1.O=C(Nc1ccccn1)N1c2nc(N3CCC[C@@H]3C(F)(F)F)ccc2N2CCC[C@H]1C2. The van der Waals surface area contributed by atoms with Gasteiger partial charge in [-0.3, -0.25) is 55.5 Å². The molecule has 0 radical (unpaired) electrons. The fourth-order valence-corrected chi connectivity index (χ4v) is 17.8. The Balaban J connectivity index is 0.000000111. The van der Waals surface area contributed by atoms with Crippen LogP contribution in [-0.4, -0.2) is 187 Å². The molecule has 21 rings (SSSR count). The molecule has 0 spiro atoms. The highest BCUT2D eigenvalue weighted by Gasteiger charge is 2.49. The number of anilines is 13. The molecule has 0 unspecified atom stereocenters. The molecule has 624 valence electrons. The second kappa shape index (κ2) is 34.1. The van der Waals surface area contributed by atoms with Crippen molar-refractivity contribution in [1.82, 2.24) is 54.8 Å². The minimum atomic E-state index is -4.32. The topological polar surface area (TPSA) is 306 Å². The maximum Gasteiger partial charge on any atom is 0.408 e.